The van der Waals surface area contributed by atoms with Gasteiger partial charge in [-0.1, -0.05) is 174 Å². The number of carbonyl (C=O) groups is 3. The predicted molar refractivity (Wildman–Crippen MR) is 382 cm³/mol. The van der Waals surface area contributed by atoms with Crippen LogP contribution in [0, 0.1) is 96.7 Å². The van der Waals surface area contributed by atoms with Gasteiger partial charge in [-0.25, -0.2) is 10.3 Å². The van der Waals surface area contributed by atoms with Crippen LogP contribution in [0.3, 0.4) is 0 Å². The van der Waals surface area contributed by atoms with Crippen LogP contribution in [0.25, 0.3) is 0 Å². The van der Waals surface area contributed by atoms with E-state index in [0.717, 1.165) is 72.5 Å². The van der Waals surface area contributed by atoms with E-state index in [4.69, 9.17) is 31.4 Å². The third kappa shape index (κ3) is 51.8. The molecule has 1 amide bonds. The van der Waals surface area contributed by atoms with Crippen molar-refractivity contribution >= 4 is 68.7 Å². The van der Waals surface area contributed by atoms with Gasteiger partial charge in [0.2, 0.25) is 5.91 Å². The number of benzene rings is 7. The quantitative estimate of drug-likeness (QED) is 0.00966. The second kappa shape index (κ2) is 55.0. The summed E-state index contributed by atoms with van der Waals surface area (Å²) in [7, 11) is 0. The van der Waals surface area contributed by atoms with E-state index in [2.05, 4.69) is 194 Å². The third-order valence-corrected chi connectivity index (χ3v) is 12.0. The summed E-state index contributed by atoms with van der Waals surface area (Å²) in [5, 5.41) is 40.6. The predicted octanol–water partition coefficient (Wildman–Crippen LogP) is 16.9. The number of nitrogens with two attached hydrogens (primary N) is 1. The van der Waals surface area contributed by atoms with E-state index in [0.29, 0.717) is 6.42 Å². The Balaban J connectivity index is 0. The number of carboxylic acid groups (broad SMARTS) is 2. The zero-order chi connectivity index (χ0) is 66.2. The number of aryl methyl sites for hydroxylation is 8. The number of carbonyl (C=O) groups excluding carboxylic acids is 1. The number of hydroxylamine groups is 1. The summed E-state index contributed by atoms with van der Waals surface area (Å²) in [4.78, 5) is 31.1. The van der Waals surface area contributed by atoms with Crippen LogP contribution >= 0.6 is 45.2 Å². The SMILES string of the molecule is C#CO.C/C=C/C#Cc1cccc(C)c1.C=CC.Cc1cccc(C#C/C=C/C(=O)O)c1.Cc1cccc(C#CCO)c1.Cc1cccc(CCCCC(=O)NO)c1.Cc1cccc(CCCCC(=O)O)c1.Cc1cccc(I)c1.Nc1cccc(I)c1. The monoisotopic (exact) mass is 1410 g/mol. The topological polar surface area (TPSA) is 190 Å². The van der Waals surface area contributed by atoms with Crippen molar-refractivity contribution in [2.75, 3.05) is 12.3 Å². The molecule has 8 N–H and O–H groups in total. The number of halogens is 2. The van der Waals surface area contributed by atoms with Gasteiger partial charge in [-0.3, -0.25) is 14.8 Å². The zero-order valence-electron chi connectivity index (χ0n) is 52.0. The molecule has 0 unspecified atom stereocenters. The Morgan fingerprint density at radius 3 is 1.26 bits per heavy atom. The number of nitrogens with one attached hydrogen (secondary N) is 1. The lowest BCUT2D eigenvalue weighted by Gasteiger charge is -2.02. The summed E-state index contributed by atoms with van der Waals surface area (Å²) in [6, 6.07) is 56.7. The molecule has 0 heterocycles. The molecule has 0 saturated heterocycles. The van der Waals surface area contributed by atoms with Crippen LogP contribution in [0.4, 0.5) is 5.69 Å². The van der Waals surface area contributed by atoms with Crippen LogP contribution in [0.5, 0.6) is 0 Å². The maximum Gasteiger partial charge on any atom is 0.328 e. The molecule has 88 heavy (non-hydrogen) atoms. The average molecular weight is 1410 g/mol. The Labute approximate surface area is 552 Å². The van der Waals surface area contributed by atoms with Gasteiger partial charge in [-0.15, -0.1) is 6.58 Å². The van der Waals surface area contributed by atoms with E-state index < -0.39 is 11.9 Å². The smallest absolute Gasteiger partial charge is 0.328 e. The number of hydrogen-bond acceptors (Lipinski definition) is 7. The number of hydrogen-bond donors (Lipinski definition) is 7. The van der Waals surface area contributed by atoms with E-state index in [1.807, 2.05) is 137 Å². The Hall–Kier alpha value is -8.61. The fourth-order valence-corrected chi connectivity index (χ4v) is 8.15. The van der Waals surface area contributed by atoms with Crippen molar-refractivity contribution in [1.82, 2.24) is 5.48 Å². The molecule has 7 rings (SSSR count). The third-order valence-electron chi connectivity index (χ3n) is 10.7. The molecule has 0 bridgehead atoms. The normalized spacial score (nSPS) is 9.08. The van der Waals surface area contributed by atoms with Crippen LogP contribution in [-0.2, 0) is 27.2 Å². The summed E-state index contributed by atoms with van der Waals surface area (Å²) in [6.07, 6.45) is 19.4. The largest absolute Gasteiger partial charge is 0.481 e. The fraction of sp³-hybridized carbons (Fsp3) is 0.224. The zero-order valence-corrected chi connectivity index (χ0v) is 56.3. The molecule has 0 radical (unpaired) electrons. The van der Waals surface area contributed by atoms with Gasteiger partial charge in [0.05, 0.1) is 0 Å². The van der Waals surface area contributed by atoms with Gasteiger partial charge >= 0.3 is 11.9 Å². The first-order valence-corrected chi connectivity index (χ1v) is 30.3. The number of anilines is 1. The van der Waals surface area contributed by atoms with Crippen LogP contribution in [-0.4, -0.2) is 50.1 Å². The molecule has 0 fully saturated rings. The molecule has 12 heteroatoms. The van der Waals surface area contributed by atoms with Crippen molar-refractivity contribution in [2.45, 2.75) is 107 Å². The second-order valence-corrected chi connectivity index (χ2v) is 21.5. The first-order chi connectivity index (χ1) is 42.1. The van der Waals surface area contributed by atoms with E-state index in [1.165, 1.54) is 58.3 Å². The van der Waals surface area contributed by atoms with Crippen molar-refractivity contribution in [1.29, 1.82) is 0 Å². The van der Waals surface area contributed by atoms with E-state index >= 15 is 0 Å². The molecule has 7 aromatic carbocycles. The Morgan fingerprint density at radius 2 is 0.932 bits per heavy atom. The Morgan fingerprint density at radius 1 is 0.557 bits per heavy atom. The number of carboxylic acids is 2. The van der Waals surface area contributed by atoms with Crippen molar-refractivity contribution < 1.29 is 40.0 Å². The summed E-state index contributed by atoms with van der Waals surface area (Å²) in [5.41, 5.74) is 20.9. The number of aliphatic carboxylic acids is 2. The summed E-state index contributed by atoms with van der Waals surface area (Å²) >= 11 is 4.53. The highest BCUT2D eigenvalue weighted by atomic mass is 127. The van der Waals surface area contributed by atoms with Gasteiger partial charge in [-0.2, -0.15) is 0 Å². The lowest BCUT2D eigenvalue weighted by molar-refractivity contribution is -0.137. The van der Waals surface area contributed by atoms with Gasteiger partial charge in [0, 0.05) is 48.4 Å². The van der Waals surface area contributed by atoms with Crippen LogP contribution in [0.2, 0.25) is 0 Å². The molecule has 10 nitrogen and oxygen atoms in total. The Bertz CT molecular complexity index is 3340. The van der Waals surface area contributed by atoms with Gasteiger partial charge in [0.25, 0.3) is 0 Å². The van der Waals surface area contributed by atoms with Crippen LogP contribution in [0.15, 0.2) is 207 Å². The summed E-state index contributed by atoms with van der Waals surface area (Å²) < 4.78 is 2.49. The van der Waals surface area contributed by atoms with E-state index in [9.17, 15) is 14.4 Å². The minimum Gasteiger partial charge on any atom is -0.481 e. The fourth-order valence-electron chi connectivity index (χ4n) is 6.88. The standard InChI is InChI=1S/C12H17NO2.C12H16O2.C12H10O2.C12H12.C10H10O.C7H7I.C6H6IN.C3H6.C2H2O/c1-10-5-4-7-11(9-10)6-2-3-8-12(14)13-15;2*1-10-5-4-7-11(9-10)6-2-3-8-12(13)14;1-3-4-5-8-12-9-6-7-11(2)10-12;1-9-4-2-5-10(8-9)6-3-7-11;1-6-3-2-4-7(8)5-6;7-5-2-1-3-6(8)4-5;1-3-2;1-2-3/h4-5,7,9,15H,2-3,6,8H2,1H3,(H,13,14);4-5,7,9H,2-3,6,8H2,1H3,(H,13,14);3-5,7-9H,1H3,(H,13,14);3-4,6-7,9-10H,1-2H3;2,4-5,8,11H,7H2,1H3;2-5H,1H3;1-4H,8H2;3H,1H2,2H3;1,3H/b;;8-3+;4-3+;;;;;. The van der Waals surface area contributed by atoms with E-state index in [1.54, 1.807) is 11.6 Å². The number of nitrogen functional groups attached to an aromatic ring is 1. The molecule has 462 valence electrons. The van der Waals surface area contributed by atoms with Gasteiger partial charge < -0.3 is 26.2 Å². The first-order valence-electron chi connectivity index (χ1n) is 28.1. The number of aliphatic hydroxyl groups is 2. The average Bonchev–Trinajstić information content (AvgIpc) is 3.56. The molecule has 0 atom stereocenters. The molecule has 0 aromatic heterocycles. The maximum atomic E-state index is 10.7. The first kappa shape index (κ1) is 81.5. The highest BCUT2D eigenvalue weighted by Gasteiger charge is 2.00. The number of amides is 1. The molecule has 7 aromatic rings. The number of aliphatic hydroxyl groups excluding tert-OH is 2. The molecule has 0 aliphatic rings. The van der Waals surface area contributed by atoms with Crippen molar-refractivity contribution in [3.63, 3.8) is 0 Å². The van der Waals surface area contributed by atoms with E-state index in [-0.39, 0.29) is 18.9 Å². The minimum atomic E-state index is -0.983. The highest BCUT2D eigenvalue weighted by Crippen LogP contribution is 2.12. The van der Waals surface area contributed by atoms with Crippen molar-refractivity contribution in [3.8, 4) is 48.1 Å². The lowest BCUT2D eigenvalue weighted by Crippen LogP contribution is -2.17. The summed E-state index contributed by atoms with van der Waals surface area (Å²) in [5.74, 6) is 14.9. The summed E-state index contributed by atoms with van der Waals surface area (Å²) in [6.45, 7) is 19.5. The number of unbranched alkanes of at least 4 members (excludes halogenated alkanes) is 2. The molecular weight excluding hydrogens is 1320 g/mol. The molecule has 0 saturated carbocycles. The molecular formula is C76H86I2N2O8. The van der Waals surface area contributed by atoms with Crippen LogP contribution < -0.4 is 11.2 Å². The number of terminal acetylenes is 1. The lowest BCUT2D eigenvalue weighted by atomic mass is 10.1. The van der Waals surface area contributed by atoms with Crippen molar-refractivity contribution in [2.24, 2.45) is 0 Å². The van der Waals surface area contributed by atoms with Gasteiger partial charge in [0.1, 0.15) is 12.7 Å². The van der Waals surface area contributed by atoms with Gasteiger partial charge in [-0.05, 0) is 246 Å². The van der Waals surface area contributed by atoms with Crippen molar-refractivity contribution in [3.05, 3.63) is 275 Å². The second-order valence-electron chi connectivity index (χ2n) is 19.0. The van der Waals surface area contributed by atoms with Gasteiger partial charge in [0.15, 0.2) is 0 Å². The minimum absolute atomic E-state index is 0.0755. The maximum absolute atomic E-state index is 10.7. The molecule has 0 spiro atoms. The van der Waals surface area contributed by atoms with Crippen LogP contribution in [0.1, 0.15) is 114 Å². The molecule has 0 aliphatic heterocycles. The number of allylic oxidation sites excluding steroid dienone is 4. The molecule has 0 aliphatic carbocycles. The highest BCUT2D eigenvalue weighted by molar-refractivity contribution is 14.1. The Kier molecular flexibility index (Phi) is 50.9. The number of rotatable bonds is 11.